The van der Waals surface area contributed by atoms with Crippen molar-refractivity contribution in [3.8, 4) is 0 Å². The van der Waals surface area contributed by atoms with E-state index in [9.17, 15) is 40.7 Å². The molecule has 0 aliphatic carbocycles. The molecule has 0 spiro atoms. The van der Waals surface area contributed by atoms with E-state index in [4.69, 9.17) is 0 Å². The summed E-state index contributed by atoms with van der Waals surface area (Å²) in [7, 11) is 0. The highest BCUT2D eigenvalue weighted by molar-refractivity contribution is 6.02. The van der Waals surface area contributed by atoms with Gasteiger partial charge in [0.15, 0.2) is 0 Å². The highest BCUT2D eigenvalue weighted by Crippen LogP contribution is 2.31. The van der Waals surface area contributed by atoms with Crippen LogP contribution in [0.5, 0.6) is 0 Å². The van der Waals surface area contributed by atoms with Crippen LogP contribution in [0.4, 0.5) is 26.3 Å². The number of nitrogens with zero attached hydrogens (tertiary/aromatic N) is 2. The summed E-state index contributed by atoms with van der Waals surface area (Å²) in [6, 6.07) is 8.55. The van der Waals surface area contributed by atoms with Crippen LogP contribution < -0.4 is 0 Å². The van der Waals surface area contributed by atoms with Gasteiger partial charge in [0, 0.05) is 38.9 Å². The van der Waals surface area contributed by atoms with Gasteiger partial charge in [-0.25, -0.2) is 0 Å². The maximum Gasteiger partial charge on any atom is 0.416 e. The molecule has 3 amide bonds. The second-order valence-corrected chi connectivity index (χ2v) is 7.84. The van der Waals surface area contributed by atoms with Crippen LogP contribution in [-0.2, 0) is 39.8 Å². The van der Waals surface area contributed by atoms with Crippen molar-refractivity contribution in [2.45, 2.75) is 44.7 Å². The van der Waals surface area contributed by atoms with Crippen molar-refractivity contribution in [1.82, 2.24) is 9.80 Å². The third-order valence-electron chi connectivity index (χ3n) is 5.31. The SMILES string of the molecule is O=C(CCN1C(=O)CCC1=O)N(Cc1cccc(C(F)(F)F)c1)Cc1cccc(C(F)(F)F)c1. The van der Waals surface area contributed by atoms with E-state index in [1.807, 2.05) is 0 Å². The summed E-state index contributed by atoms with van der Waals surface area (Å²) in [4.78, 5) is 38.5. The summed E-state index contributed by atoms with van der Waals surface area (Å²) in [5.41, 5.74) is -1.60. The molecule has 11 heteroatoms. The molecule has 1 aliphatic rings. The third-order valence-corrected chi connectivity index (χ3v) is 5.31. The normalized spacial score (nSPS) is 14.6. The molecule has 1 fully saturated rings. The minimum absolute atomic E-state index is 0.0329. The van der Waals surface area contributed by atoms with E-state index in [2.05, 4.69) is 0 Å². The monoisotopic (exact) mass is 486 g/mol. The van der Waals surface area contributed by atoms with E-state index in [1.54, 1.807) is 0 Å². The second kappa shape index (κ2) is 9.86. The molecule has 0 unspecified atom stereocenters. The van der Waals surface area contributed by atoms with Crippen LogP contribution in [0.25, 0.3) is 0 Å². The quantitative estimate of drug-likeness (QED) is 0.418. The van der Waals surface area contributed by atoms with Gasteiger partial charge in [0.2, 0.25) is 17.7 Å². The Labute approximate surface area is 190 Å². The van der Waals surface area contributed by atoms with Crippen molar-refractivity contribution < 1.29 is 40.7 Å². The Bertz CT molecular complexity index is 1010. The number of halogens is 6. The van der Waals surface area contributed by atoms with E-state index >= 15 is 0 Å². The number of rotatable bonds is 7. The molecule has 34 heavy (non-hydrogen) atoms. The summed E-state index contributed by atoms with van der Waals surface area (Å²) in [6.07, 6.45) is -9.46. The molecule has 1 heterocycles. The molecule has 1 saturated heterocycles. The fourth-order valence-electron chi connectivity index (χ4n) is 3.60. The Morgan fingerprint density at radius 1 is 0.794 bits per heavy atom. The predicted octanol–water partition coefficient (Wildman–Crippen LogP) is 4.79. The zero-order chi connectivity index (χ0) is 25.1. The summed E-state index contributed by atoms with van der Waals surface area (Å²) in [5, 5.41) is 0. The summed E-state index contributed by atoms with van der Waals surface area (Å²) in [5.74, 6) is -1.48. The molecule has 0 N–H and O–H groups in total. The fraction of sp³-hybridized carbons (Fsp3) is 0.348. The molecule has 0 atom stereocenters. The Morgan fingerprint density at radius 3 is 1.65 bits per heavy atom. The van der Waals surface area contributed by atoms with E-state index in [-0.39, 0.29) is 50.0 Å². The summed E-state index contributed by atoms with van der Waals surface area (Å²) < 4.78 is 78.5. The van der Waals surface area contributed by atoms with Gasteiger partial charge in [-0.05, 0) is 35.4 Å². The van der Waals surface area contributed by atoms with Crippen molar-refractivity contribution in [2.75, 3.05) is 6.54 Å². The number of hydrogen-bond donors (Lipinski definition) is 0. The lowest BCUT2D eigenvalue weighted by atomic mass is 10.1. The zero-order valence-corrected chi connectivity index (χ0v) is 17.7. The average molecular weight is 486 g/mol. The number of carbonyl (C=O) groups excluding carboxylic acids is 3. The smallest absolute Gasteiger partial charge is 0.334 e. The Morgan fingerprint density at radius 2 is 1.24 bits per heavy atom. The Balaban J connectivity index is 1.83. The van der Waals surface area contributed by atoms with Crippen LogP contribution >= 0.6 is 0 Å². The number of carbonyl (C=O) groups is 3. The number of alkyl halides is 6. The zero-order valence-electron chi connectivity index (χ0n) is 17.7. The van der Waals surface area contributed by atoms with Gasteiger partial charge in [0.05, 0.1) is 11.1 Å². The molecule has 2 aromatic rings. The molecule has 182 valence electrons. The molecule has 0 radical (unpaired) electrons. The first-order valence-corrected chi connectivity index (χ1v) is 10.3. The first-order chi connectivity index (χ1) is 15.8. The van der Waals surface area contributed by atoms with Gasteiger partial charge in [-0.2, -0.15) is 26.3 Å². The van der Waals surface area contributed by atoms with Gasteiger partial charge in [-0.15, -0.1) is 0 Å². The van der Waals surface area contributed by atoms with Gasteiger partial charge >= 0.3 is 12.4 Å². The molecule has 0 saturated carbocycles. The largest absolute Gasteiger partial charge is 0.416 e. The lowest BCUT2D eigenvalue weighted by Crippen LogP contribution is -2.36. The lowest BCUT2D eigenvalue weighted by molar-refractivity contribution is -0.140. The van der Waals surface area contributed by atoms with Crippen molar-refractivity contribution in [2.24, 2.45) is 0 Å². The van der Waals surface area contributed by atoms with E-state index < -0.39 is 41.2 Å². The highest BCUT2D eigenvalue weighted by Gasteiger charge is 2.32. The van der Waals surface area contributed by atoms with Gasteiger partial charge < -0.3 is 4.90 Å². The molecule has 3 rings (SSSR count). The van der Waals surface area contributed by atoms with Crippen molar-refractivity contribution in [1.29, 1.82) is 0 Å². The van der Waals surface area contributed by atoms with Crippen LogP contribution in [0, 0.1) is 0 Å². The minimum Gasteiger partial charge on any atom is -0.334 e. The third kappa shape index (κ3) is 6.36. The van der Waals surface area contributed by atoms with Crippen molar-refractivity contribution >= 4 is 17.7 Å². The van der Waals surface area contributed by atoms with Gasteiger partial charge in [0.25, 0.3) is 0 Å². The van der Waals surface area contributed by atoms with Gasteiger partial charge in [-0.3, -0.25) is 19.3 Å². The molecule has 0 bridgehead atoms. The van der Waals surface area contributed by atoms with Gasteiger partial charge in [0.1, 0.15) is 0 Å². The predicted molar refractivity (Wildman–Crippen MR) is 108 cm³/mol. The first-order valence-electron chi connectivity index (χ1n) is 10.3. The molecule has 5 nitrogen and oxygen atoms in total. The topological polar surface area (TPSA) is 57.7 Å². The van der Waals surface area contributed by atoms with Gasteiger partial charge in [-0.1, -0.05) is 24.3 Å². The average Bonchev–Trinajstić information content (AvgIpc) is 3.08. The first kappa shape index (κ1) is 25.3. The Hall–Kier alpha value is -3.37. The van der Waals surface area contributed by atoms with E-state index in [1.165, 1.54) is 24.3 Å². The molecule has 0 aromatic heterocycles. The Kier molecular flexibility index (Phi) is 7.32. The van der Waals surface area contributed by atoms with Crippen LogP contribution in [0.1, 0.15) is 41.5 Å². The number of hydrogen-bond acceptors (Lipinski definition) is 3. The summed E-state index contributed by atoms with van der Waals surface area (Å²) >= 11 is 0. The van der Waals surface area contributed by atoms with Crippen LogP contribution in [0.3, 0.4) is 0 Å². The number of likely N-dealkylation sites (tertiary alicyclic amines) is 1. The van der Waals surface area contributed by atoms with E-state index in [0.29, 0.717) is 0 Å². The number of imide groups is 1. The van der Waals surface area contributed by atoms with E-state index in [0.717, 1.165) is 34.1 Å². The highest BCUT2D eigenvalue weighted by atomic mass is 19.4. The molecule has 2 aromatic carbocycles. The van der Waals surface area contributed by atoms with Crippen LogP contribution in [0.2, 0.25) is 0 Å². The maximum atomic E-state index is 13.1. The fourth-order valence-corrected chi connectivity index (χ4v) is 3.60. The molecular formula is C23H20F6N2O3. The number of amides is 3. The molecular weight excluding hydrogens is 466 g/mol. The standard InChI is InChI=1S/C23H20F6N2O3/c24-22(25,26)17-5-1-3-15(11-17)13-30(14-16-4-2-6-18(12-16)23(27,28)29)19(32)9-10-31-20(33)7-8-21(31)34/h1-6,11-12H,7-10,13-14H2. The van der Waals surface area contributed by atoms with Crippen LogP contribution in [-0.4, -0.2) is 34.1 Å². The van der Waals surface area contributed by atoms with Crippen LogP contribution in [0.15, 0.2) is 48.5 Å². The molecule has 1 aliphatic heterocycles. The minimum atomic E-state index is -4.61. The summed E-state index contributed by atoms with van der Waals surface area (Å²) in [6.45, 7) is -0.819. The number of benzene rings is 2. The maximum absolute atomic E-state index is 13.1. The lowest BCUT2D eigenvalue weighted by Gasteiger charge is -2.25. The second-order valence-electron chi connectivity index (χ2n) is 7.84. The van der Waals surface area contributed by atoms with Crippen molar-refractivity contribution in [3.63, 3.8) is 0 Å². The van der Waals surface area contributed by atoms with Crippen molar-refractivity contribution in [3.05, 3.63) is 70.8 Å².